The van der Waals surface area contributed by atoms with Crippen LogP contribution in [0, 0.1) is 0 Å². The molecule has 0 saturated carbocycles. The first-order valence-corrected chi connectivity index (χ1v) is 5.65. The Labute approximate surface area is 103 Å². The zero-order chi connectivity index (χ0) is 11.7. The van der Waals surface area contributed by atoms with E-state index in [9.17, 15) is 0 Å². The topological polar surface area (TPSA) is 44.5 Å². The Kier molecular flexibility index (Phi) is 2.84. The summed E-state index contributed by atoms with van der Waals surface area (Å²) in [6, 6.07) is 7.26. The van der Waals surface area contributed by atoms with E-state index < -0.39 is 6.29 Å². The van der Waals surface area contributed by atoms with Gasteiger partial charge in [-0.3, -0.25) is 4.98 Å². The highest BCUT2D eigenvalue weighted by atomic mass is 35.5. The lowest BCUT2D eigenvalue weighted by molar-refractivity contribution is -0.0585. The van der Waals surface area contributed by atoms with Crippen molar-refractivity contribution in [2.24, 2.45) is 0 Å². The van der Waals surface area contributed by atoms with Gasteiger partial charge in [0, 0.05) is 6.20 Å². The van der Waals surface area contributed by atoms with Gasteiger partial charge in [-0.05, 0) is 24.3 Å². The highest BCUT2D eigenvalue weighted by molar-refractivity contribution is 6.30. The smallest absolute Gasteiger partial charge is 0.217 e. The van der Waals surface area contributed by atoms with Crippen molar-refractivity contribution in [3.63, 3.8) is 0 Å². The molecule has 3 rings (SSSR count). The van der Waals surface area contributed by atoms with Crippen LogP contribution in [0.15, 0.2) is 34.9 Å². The molecule has 2 aromatic rings. The number of pyridine rings is 1. The average molecular weight is 252 g/mol. The maximum absolute atomic E-state index is 5.77. The Morgan fingerprint density at radius 3 is 2.65 bits per heavy atom. The van der Waals surface area contributed by atoms with Gasteiger partial charge < -0.3 is 13.9 Å². The van der Waals surface area contributed by atoms with E-state index >= 15 is 0 Å². The number of aromatic nitrogens is 1. The second kappa shape index (κ2) is 4.49. The highest BCUT2D eigenvalue weighted by Gasteiger charge is 2.22. The van der Waals surface area contributed by atoms with E-state index in [1.807, 2.05) is 12.1 Å². The van der Waals surface area contributed by atoms with Crippen molar-refractivity contribution in [3.8, 4) is 11.5 Å². The monoisotopic (exact) mass is 251 g/mol. The van der Waals surface area contributed by atoms with Crippen LogP contribution in [0.3, 0.4) is 0 Å². The molecule has 0 bridgehead atoms. The molecule has 3 heterocycles. The molecule has 4 nitrogen and oxygen atoms in total. The van der Waals surface area contributed by atoms with Crippen molar-refractivity contribution < 1.29 is 13.9 Å². The minimum Gasteiger partial charge on any atom is -0.454 e. The normalized spacial score (nSPS) is 16.5. The third-order valence-electron chi connectivity index (χ3n) is 2.46. The number of rotatable bonds is 2. The molecule has 1 saturated heterocycles. The third-order valence-corrected chi connectivity index (χ3v) is 2.68. The molecule has 0 spiro atoms. The van der Waals surface area contributed by atoms with E-state index in [0.717, 1.165) is 5.69 Å². The largest absolute Gasteiger partial charge is 0.454 e. The second-order valence-corrected chi connectivity index (χ2v) is 4.07. The van der Waals surface area contributed by atoms with Crippen molar-refractivity contribution in [2.45, 2.75) is 6.29 Å². The summed E-state index contributed by atoms with van der Waals surface area (Å²) in [6.07, 6.45) is 1.19. The summed E-state index contributed by atoms with van der Waals surface area (Å²) in [5.74, 6) is 1.34. The second-order valence-electron chi connectivity index (χ2n) is 3.64. The zero-order valence-corrected chi connectivity index (χ0v) is 9.68. The molecule has 17 heavy (non-hydrogen) atoms. The van der Waals surface area contributed by atoms with Gasteiger partial charge in [-0.15, -0.1) is 0 Å². The standard InChI is InChI=1S/C12H10ClNO3/c13-8-1-2-9(14-7-8)10-3-4-11(17-10)12-15-5-6-16-12/h1-4,7,12H,5-6H2. The summed E-state index contributed by atoms with van der Waals surface area (Å²) in [7, 11) is 0. The van der Waals surface area contributed by atoms with E-state index in [1.54, 1.807) is 18.3 Å². The summed E-state index contributed by atoms with van der Waals surface area (Å²) >= 11 is 5.77. The Morgan fingerprint density at radius 1 is 1.12 bits per heavy atom. The summed E-state index contributed by atoms with van der Waals surface area (Å²) in [5, 5.41) is 0.600. The van der Waals surface area contributed by atoms with Crippen molar-refractivity contribution in [1.82, 2.24) is 4.98 Å². The van der Waals surface area contributed by atoms with Crippen LogP contribution in [0.2, 0.25) is 5.02 Å². The predicted molar refractivity (Wildman–Crippen MR) is 61.6 cm³/mol. The number of hydrogen-bond donors (Lipinski definition) is 0. The SMILES string of the molecule is Clc1ccc(-c2ccc(C3OCCO3)o2)nc1. The van der Waals surface area contributed by atoms with Gasteiger partial charge in [0.25, 0.3) is 0 Å². The van der Waals surface area contributed by atoms with E-state index in [1.165, 1.54) is 0 Å². The Morgan fingerprint density at radius 2 is 1.94 bits per heavy atom. The van der Waals surface area contributed by atoms with Crippen LogP contribution >= 0.6 is 11.6 Å². The highest BCUT2D eigenvalue weighted by Crippen LogP contribution is 2.28. The van der Waals surface area contributed by atoms with Crippen LogP contribution in [0.5, 0.6) is 0 Å². The van der Waals surface area contributed by atoms with Crippen LogP contribution in [-0.2, 0) is 9.47 Å². The first kappa shape index (κ1) is 10.8. The van der Waals surface area contributed by atoms with Crippen LogP contribution in [-0.4, -0.2) is 18.2 Å². The lowest BCUT2D eigenvalue weighted by Gasteiger charge is -2.04. The molecule has 1 aliphatic heterocycles. The number of ether oxygens (including phenoxy) is 2. The molecule has 88 valence electrons. The fourth-order valence-electron chi connectivity index (χ4n) is 1.66. The van der Waals surface area contributed by atoms with Crippen molar-refractivity contribution >= 4 is 11.6 Å². The van der Waals surface area contributed by atoms with Crippen LogP contribution in [0.4, 0.5) is 0 Å². The Bertz CT molecular complexity index is 503. The van der Waals surface area contributed by atoms with Gasteiger partial charge in [-0.1, -0.05) is 11.6 Å². The van der Waals surface area contributed by atoms with Crippen LogP contribution in [0.1, 0.15) is 12.1 Å². The maximum atomic E-state index is 5.77. The molecule has 0 amide bonds. The molecule has 0 N–H and O–H groups in total. The van der Waals surface area contributed by atoms with Gasteiger partial charge in [0.1, 0.15) is 5.69 Å². The van der Waals surface area contributed by atoms with Gasteiger partial charge in [-0.25, -0.2) is 0 Å². The number of halogens is 1. The molecule has 0 atom stereocenters. The van der Waals surface area contributed by atoms with E-state index in [4.69, 9.17) is 25.5 Å². The fraction of sp³-hybridized carbons (Fsp3) is 0.250. The lowest BCUT2D eigenvalue weighted by atomic mass is 10.3. The van der Waals surface area contributed by atoms with Gasteiger partial charge in [0.2, 0.25) is 6.29 Å². The number of hydrogen-bond acceptors (Lipinski definition) is 4. The third kappa shape index (κ3) is 2.20. The van der Waals surface area contributed by atoms with Crippen molar-refractivity contribution in [1.29, 1.82) is 0 Å². The first-order valence-electron chi connectivity index (χ1n) is 5.28. The van der Waals surface area contributed by atoms with E-state index in [-0.39, 0.29) is 0 Å². The molecule has 1 aliphatic rings. The molecule has 2 aromatic heterocycles. The van der Waals surface area contributed by atoms with E-state index in [0.29, 0.717) is 29.8 Å². The molecule has 0 aromatic carbocycles. The zero-order valence-electron chi connectivity index (χ0n) is 8.93. The molecule has 0 aliphatic carbocycles. The number of furan rings is 1. The minimum atomic E-state index is -0.393. The summed E-state index contributed by atoms with van der Waals surface area (Å²) in [5.41, 5.74) is 0.735. The minimum absolute atomic E-state index is 0.393. The summed E-state index contributed by atoms with van der Waals surface area (Å²) < 4.78 is 16.3. The van der Waals surface area contributed by atoms with E-state index in [2.05, 4.69) is 4.98 Å². The summed E-state index contributed by atoms with van der Waals surface area (Å²) in [4.78, 5) is 4.18. The molecule has 0 unspecified atom stereocenters. The van der Waals surface area contributed by atoms with Crippen LogP contribution < -0.4 is 0 Å². The Hall–Kier alpha value is -1.36. The van der Waals surface area contributed by atoms with Crippen molar-refractivity contribution in [3.05, 3.63) is 41.2 Å². The molecule has 1 fully saturated rings. The Balaban J connectivity index is 1.86. The molecule has 0 radical (unpaired) electrons. The van der Waals surface area contributed by atoms with Crippen molar-refractivity contribution in [2.75, 3.05) is 13.2 Å². The molecular formula is C12H10ClNO3. The average Bonchev–Trinajstić information content (AvgIpc) is 3.00. The molecule has 5 heteroatoms. The van der Waals surface area contributed by atoms with Crippen LogP contribution in [0.25, 0.3) is 11.5 Å². The molecular weight excluding hydrogens is 242 g/mol. The lowest BCUT2D eigenvalue weighted by Crippen LogP contribution is -1.94. The first-order chi connectivity index (χ1) is 8.33. The summed E-state index contributed by atoms with van der Waals surface area (Å²) in [6.45, 7) is 1.19. The predicted octanol–water partition coefficient (Wildman–Crippen LogP) is 3.04. The maximum Gasteiger partial charge on any atom is 0.217 e. The van der Waals surface area contributed by atoms with Gasteiger partial charge in [0.15, 0.2) is 11.5 Å². The quantitative estimate of drug-likeness (QED) is 0.823. The van der Waals surface area contributed by atoms with Gasteiger partial charge in [0.05, 0.1) is 18.2 Å². The van der Waals surface area contributed by atoms with Gasteiger partial charge in [-0.2, -0.15) is 0 Å². The fourth-order valence-corrected chi connectivity index (χ4v) is 1.77. The van der Waals surface area contributed by atoms with Gasteiger partial charge >= 0.3 is 0 Å². The number of nitrogens with zero attached hydrogens (tertiary/aromatic N) is 1.